The van der Waals surface area contributed by atoms with Crippen LogP contribution in [0.5, 0.6) is 0 Å². The number of rotatable bonds is 36. The van der Waals surface area contributed by atoms with Crippen molar-refractivity contribution in [2.45, 2.75) is 167 Å². The molecule has 296 valence electrons. The number of hydrogen-bond donors (Lipinski definition) is 3. The number of allylic oxidation sites excluding steroid dienone is 7. The van der Waals surface area contributed by atoms with Crippen molar-refractivity contribution in [1.29, 1.82) is 0 Å². The number of carbonyl (C=O) groups is 2. The zero-order valence-corrected chi connectivity index (χ0v) is 32.8. The Kier molecular flexibility index (Phi) is 34.8. The highest BCUT2D eigenvalue weighted by Crippen LogP contribution is 2.43. The summed E-state index contributed by atoms with van der Waals surface area (Å²) >= 11 is 0. The number of esters is 2. The Hall–Kier alpha value is -2.07. The van der Waals surface area contributed by atoms with Gasteiger partial charge in [0.05, 0.1) is 19.3 Å². The molecule has 4 N–H and O–H groups in total. The number of aliphatic hydroxyl groups excluding tert-OH is 1. The van der Waals surface area contributed by atoms with Crippen LogP contribution in [0.3, 0.4) is 0 Å². The fraction of sp³-hybridized carbons (Fsp3) is 0.750. The highest BCUT2D eigenvalue weighted by atomic mass is 31.2. The zero-order valence-electron chi connectivity index (χ0n) is 31.9. The number of carbonyl (C=O) groups excluding carboxylic acids is 2. The van der Waals surface area contributed by atoms with Crippen LogP contribution in [-0.4, -0.2) is 60.5 Å². The monoisotopic (exact) mass is 741 g/mol. The lowest BCUT2D eigenvalue weighted by Crippen LogP contribution is -2.29. The molecule has 0 rings (SSSR count). The van der Waals surface area contributed by atoms with Crippen molar-refractivity contribution in [1.82, 2.24) is 0 Å². The first kappa shape index (κ1) is 48.9. The molecule has 0 aromatic carbocycles. The molecular formula is C40H72NO9P. The van der Waals surface area contributed by atoms with E-state index in [0.29, 0.717) is 19.3 Å². The first-order valence-corrected chi connectivity index (χ1v) is 21.2. The molecule has 0 aromatic rings. The molecule has 0 saturated carbocycles. The van der Waals surface area contributed by atoms with Crippen LogP contribution in [0.1, 0.15) is 155 Å². The van der Waals surface area contributed by atoms with Crippen molar-refractivity contribution in [3.63, 3.8) is 0 Å². The summed E-state index contributed by atoms with van der Waals surface area (Å²) in [6.07, 6.45) is 36.3. The van der Waals surface area contributed by atoms with Gasteiger partial charge in [0.25, 0.3) is 0 Å². The van der Waals surface area contributed by atoms with Crippen molar-refractivity contribution in [2.75, 3.05) is 26.4 Å². The number of aliphatic hydroxyl groups is 1. The number of unbranched alkanes of at least 4 members (excludes halogenated alkanes) is 13. The predicted octanol–water partition coefficient (Wildman–Crippen LogP) is 9.74. The smallest absolute Gasteiger partial charge is 0.462 e. The van der Waals surface area contributed by atoms with Gasteiger partial charge < -0.3 is 25.2 Å². The van der Waals surface area contributed by atoms with E-state index < -0.39 is 32.5 Å². The summed E-state index contributed by atoms with van der Waals surface area (Å²) in [4.78, 5) is 34.7. The quantitative estimate of drug-likeness (QED) is 0.0245. The van der Waals surface area contributed by atoms with E-state index in [1.807, 2.05) is 18.2 Å². The standard InChI is InChI=1S/C40H72NO9P/c1-3-5-7-8-9-10-11-15-19-22-25-28-32-40(44)50-38(36-49-51(45,46)48-34-33-41)35-47-39(43)31-27-24-21-18-16-13-12-14-17-20-23-26-30-37(42)29-6-4-2/h12-13,17-18,20-21,26,30,37-38,42H,3-11,14-16,19,22-25,27-29,31-36,41H2,1-2H3,(H,45,46)/b13-12-,20-17-,21-18-,30-26-/t37-,38+/m0/s1. The maximum absolute atomic E-state index is 12.5. The second-order valence-electron chi connectivity index (χ2n) is 13.0. The van der Waals surface area contributed by atoms with E-state index in [9.17, 15) is 24.2 Å². The van der Waals surface area contributed by atoms with Crippen LogP contribution in [0, 0.1) is 0 Å². The SMILES string of the molecule is CCCCCCCCCCCCCCC(=O)O[C@H](COC(=O)CCC/C=C\C/C=C\C/C=C\C/C=C\[C@@H](O)CCCC)COP(=O)(O)OCCN. The molecule has 0 heterocycles. The van der Waals surface area contributed by atoms with Crippen molar-refractivity contribution in [3.8, 4) is 0 Å². The van der Waals surface area contributed by atoms with Gasteiger partial charge in [0.15, 0.2) is 6.10 Å². The van der Waals surface area contributed by atoms with Crippen LogP contribution < -0.4 is 5.73 Å². The number of nitrogens with two attached hydrogens (primary N) is 1. The third-order valence-corrected chi connectivity index (χ3v) is 9.02. The van der Waals surface area contributed by atoms with Gasteiger partial charge in [0.1, 0.15) is 6.61 Å². The first-order chi connectivity index (χ1) is 24.7. The minimum Gasteiger partial charge on any atom is -0.462 e. The summed E-state index contributed by atoms with van der Waals surface area (Å²) in [7, 11) is -4.39. The molecule has 0 radical (unpaired) electrons. The summed E-state index contributed by atoms with van der Waals surface area (Å²) in [6.45, 7) is 3.48. The summed E-state index contributed by atoms with van der Waals surface area (Å²) < 4.78 is 32.6. The van der Waals surface area contributed by atoms with Crippen LogP contribution >= 0.6 is 7.82 Å². The molecule has 0 bridgehead atoms. The van der Waals surface area contributed by atoms with E-state index in [-0.39, 0.29) is 38.7 Å². The van der Waals surface area contributed by atoms with E-state index in [0.717, 1.165) is 57.8 Å². The van der Waals surface area contributed by atoms with Gasteiger partial charge >= 0.3 is 19.8 Å². The van der Waals surface area contributed by atoms with Gasteiger partial charge in [-0.2, -0.15) is 0 Å². The Morgan fingerprint density at radius 2 is 1.20 bits per heavy atom. The number of phosphoric acid groups is 1. The van der Waals surface area contributed by atoms with Gasteiger partial charge in [-0.1, -0.05) is 146 Å². The number of hydrogen-bond acceptors (Lipinski definition) is 9. The van der Waals surface area contributed by atoms with Crippen LogP contribution in [0.4, 0.5) is 0 Å². The van der Waals surface area contributed by atoms with Gasteiger partial charge in [-0.25, -0.2) is 4.57 Å². The number of phosphoric ester groups is 1. The highest BCUT2D eigenvalue weighted by Gasteiger charge is 2.25. The molecule has 11 heteroatoms. The molecule has 3 atom stereocenters. The Balaban J connectivity index is 4.33. The fourth-order valence-electron chi connectivity index (χ4n) is 5.06. The lowest BCUT2D eigenvalue weighted by Gasteiger charge is -2.19. The van der Waals surface area contributed by atoms with Crippen molar-refractivity contribution < 1.29 is 42.7 Å². The molecule has 1 unspecified atom stereocenters. The first-order valence-electron chi connectivity index (χ1n) is 19.7. The summed E-state index contributed by atoms with van der Waals surface area (Å²) in [5.41, 5.74) is 5.32. The second-order valence-corrected chi connectivity index (χ2v) is 14.4. The van der Waals surface area contributed by atoms with Crippen molar-refractivity contribution in [2.24, 2.45) is 5.73 Å². The fourth-order valence-corrected chi connectivity index (χ4v) is 5.82. The van der Waals surface area contributed by atoms with Crippen LogP contribution in [0.2, 0.25) is 0 Å². The lowest BCUT2D eigenvalue weighted by atomic mass is 10.0. The maximum atomic E-state index is 12.5. The highest BCUT2D eigenvalue weighted by molar-refractivity contribution is 7.47. The topological polar surface area (TPSA) is 155 Å². The molecule has 0 saturated heterocycles. The Bertz CT molecular complexity index is 998. The zero-order chi connectivity index (χ0) is 37.7. The molecule has 0 aromatic heterocycles. The molecule has 0 aliphatic rings. The Morgan fingerprint density at radius 3 is 1.78 bits per heavy atom. The molecule has 10 nitrogen and oxygen atoms in total. The predicted molar refractivity (Wildman–Crippen MR) is 207 cm³/mol. The third kappa shape index (κ3) is 36.1. The summed E-state index contributed by atoms with van der Waals surface area (Å²) in [5, 5.41) is 9.79. The van der Waals surface area contributed by atoms with Gasteiger partial charge in [-0.3, -0.25) is 18.6 Å². The number of ether oxygens (including phenoxy) is 2. The van der Waals surface area contributed by atoms with Crippen LogP contribution in [0.25, 0.3) is 0 Å². The largest absolute Gasteiger partial charge is 0.472 e. The molecule has 0 spiro atoms. The van der Waals surface area contributed by atoms with E-state index in [1.165, 1.54) is 51.4 Å². The molecule has 51 heavy (non-hydrogen) atoms. The van der Waals surface area contributed by atoms with Crippen molar-refractivity contribution >= 4 is 19.8 Å². The molecule has 0 aliphatic carbocycles. The van der Waals surface area contributed by atoms with Crippen molar-refractivity contribution in [3.05, 3.63) is 48.6 Å². The Labute approximate surface area is 309 Å². The lowest BCUT2D eigenvalue weighted by molar-refractivity contribution is -0.161. The van der Waals surface area contributed by atoms with E-state index in [4.69, 9.17) is 24.3 Å². The normalized spacial score (nSPS) is 14.5. The molecule has 0 aliphatic heterocycles. The third-order valence-electron chi connectivity index (χ3n) is 8.04. The summed E-state index contributed by atoms with van der Waals surface area (Å²) in [6, 6.07) is 0. The second kappa shape index (κ2) is 36.3. The van der Waals surface area contributed by atoms with E-state index in [2.05, 4.69) is 44.2 Å². The van der Waals surface area contributed by atoms with E-state index >= 15 is 0 Å². The van der Waals surface area contributed by atoms with Gasteiger partial charge in [0, 0.05) is 19.4 Å². The minimum absolute atomic E-state index is 0.0393. The van der Waals surface area contributed by atoms with Gasteiger partial charge in [-0.05, 0) is 44.9 Å². The molecule has 0 fully saturated rings. The summed E-state index contributed by atoms with van der Waals surface area (Å²) in [5.74, 6) is -0.919. The van der Waals surface area contributed by atoms with Crippen LogP contribution in [0.15, 0.2) is 48.6 Å². The van der Waals surface area contributed by atoms with Crippen LogP contribution in [-0.2, 0) is 32.7 Å². The Morgan fingerprint density at radius 1 is 0.667 bits per heavy atom. The van der Waals surface area contributed by atoms with E-state index in [1.54, 1.807) is 0 Å². The average molecular weight is 742 g/mol. The molecular weight excluding hydrogens is 669 g/mol. The molecule has 0 amide bonds. The van der Waals surface area contributed by atoms with Gasteiger partial charge in [0.2, 0.25) is 0 Å². The minimum atomic E-state index is -4.39. The maximum Gasteiger partial charge on any atom is 0.472 e. The average Bonchev–Trinajstić information content (AvgIpc) is 3.11. The van der Waals surface area contributed by atoms with Gasteiger partial charge in [-0.15, -0.1) is 0 Å².